The molecule has 0 spiro atoms. The molecular weight excluding hydrogens is 204 g/mol. The summed E-state index contributed by atoms with van der Waals surface area (Å²) in [6, 6.07) is 0. The maximum absolute atomic E-state index is 11.0. The van der Waals surface area contributed by atoms with Gasteiger partial charge in [-0.2, -0.15) is 0 Å². The van der Waals surface area contributed by atoms with Crippen LogP contribution >= 0.6 is 0 Å². The molecule has 0 aliphatic rings. The molecule has 0 aliphatic carbocycles. The van der Waals surface area contributed by atoms with Gasteiger partial charge in [-0.3, -0.25) is 14.4 Å². The molecule has 0 aromatic heterocycles. The van der Waals surface area contributed by atoms with Crippen LogP contribution in [0.3, 0.4) is 0 Å². The largest absolute Gasteiger partial charge is 0.481 e. The van der Waals surface area contributed by atoms with Gasteiger partial charge in [0, 0.05) is 0 Å². The van der Waals surface area contributed by atoms with E-state index in [1.54, 1.807) is 0 Å². The van der Waals surface area contributed by atoms with E-state index in [0.717, 1.165) is 0 Å². The molecule has 15 heavy (non-hydrogen) atoms. The van der Waals surface area contributed by atoms with Crippen LogP contribution in [0.4, 0.5) is 0 Å². The van der Waals surface area contributed by atoms with Crippen LogP contribution in [0.15, 0.2) is 12.7 Å². The van der Waals surface area contributed by atoms with Crippen LogP contribution in [0.1, 0.15) is 12.8 Å². The molecule has 2 N–H and O–H groups in total. The molecule has 0 saturated carbocycles. The Morgan fingerprint density at radius 2 is 1.87 bits per heavy atom. The number of hydrogen-bond acceptors (Lipinski definition) is 4. The molecule has 0 heterocycles. The molecule has 0 aromatic rings. The van der Waals surface area contributed by atoms with Crippen molar-refractivity contribution in [3.63, 3.8) is 0 Å². The summed E-state index contributed by atoms with van der Waals surface area (Å²) < 4.78 is 4.54. The van der Waals surface area contributed by atoms with Gasteiger partial charge in [0.2, 0.25) is 0 Å². The molecular formula is C9H12O6. The Morgan fingerprint density at radius 3 is 2.27 bits per heavy atom. The number of aliphatic carboxylic acids is 2. The minimum Gasteiger partial charge on any atom is -0.481 e. The van der Waals surface area contributed by atoms with Crippen LogP contribution in [0.2, 0.25) is 0 Å². The third-order valence-electron chi connectivity index (χ3n) is 1.55. The summed E-state index contributed by atoms with van der Waals surface area (Å²) >= 11 is 0. The van der Waals surface area contributed by atoms with E-state index in [4.69, 9.17) is 10.2 Å². The first-order valence-electron chi connectivity index (χ1n) is 4.18. The lowest BCUT2D eigenvalue weighted by Crippen LogP contribution is -2.22. The van der Waals surface area contributed by atoms with Gasteiger partial charge in [-0.15, -0.1) is 0 Å². The van der Waals surface area contributed by atoms with Gasteiger partial charge in [-0.05, 0) is 0 Å². The van der Waals surface area contributed by atoms with Crippen LogP contribution < -0.4 is 0 Å². The van der Waals surface area contributed by atoms with Crippen molar-refractivity contribution in [3.8, 4) is 0 Å². The second-order valence-corrected chi connectivity index (χ2v) is 2.81. The predicted molar refractivity (Wildman–Crippen MR) is 49.2 cm³/mol. The highest BCUT2D eigenvalue weighted by molar-refractivity contribution is 5.82. The Balaban J connectivity index is 4.16. The molecule has 0 aromatic carbocycles. The monoisotopic (exact) mass is 216 g/mol. The van der Waals surface area contributed by atoms with Crippen molar-refractivity contribution in [1.29, 1.82) is 0 Å². The number of ether oxygens (including phenoxy) is 1. The van der Waals surface area contributed by atoms with Crippen molar-refractivity contribution in [1.82, 2.24) is 0 Å². The van der Waals surface area contributed by atoms with Gasteiger partial charge in [0.1, 0.15) is 6.61 Å². The van der Waals surface area contributed by atoms with Crippen LogP contribution in [-0.2, 0) is 19.1 Å². The second-order valence-electron chi connectivity index (χ2n) is 2.81. The highest BCUT2D eigenvalue weighted by atomic mass is 16.5. The summed E-state index contributed by atoms with van der Waals surface area (Å²) in [6.45, 7) is 3.29. The van der Waals surface area contributed by atoms with Crippen molar-refractivity contribution in [3.05, 3.63) is 12.7 Å². The summed E-state index contributed by atoms with van der Waals surface area (Å²) in [4.78, 5) is 31.8. The fraction of sp³-hybridized carbons (Fsp3) is 0.444. The predicted octanol–water partition coefficient (Wildman–Crippen LogP) is 0.281. The lowest BCUT2D eigenvalue weighted by molar-refractivity contribution is -0.153. The minimum atomic E-state index is -1.33. The number of carbonyl (C=O) groups is 3. The molecule has 0 fully saturated rings. The summed E-state index contributed by atoms with van der Waals surface area (Å²) in [5, 5.41) is 17.0. The first kappa shape index (κ1) is 13.2. The lowest BCUT2D eigenvalue weighted by Gasteiger charge is -2.08. The van der Waals surface area contributed by atoms with Crippen molar-refractivity contribution in [2.75, 3.05) is 6.61 Å². The lowest BCUT2D eigenvalue weighted by atomic mass is 10.0. The van der Waals surface area contributed by atoms with Crippen molar-refractivity contribution in [2.45, 2.75) is 12.8 Å². The molecule has 0 amide bonds. The fourth-order valence-corrected chi connectivity index (χ4v) is 0.870. The quantitative estimate of drug-likeness (QED) is 0.468. The van der Waals surface area contributed by atoms with E-state index in [9.17, 15) is 14.4 Å². The SMILES string of the molecule is C=CCOC(=O)CC(CC(=O)O)C(=O)O. The zero-order valence-electron chi connectivity index (χ0n) is 8.01. The molecule has 0 radical (unpaired) electrons. The normalized spacial score (nSPS) is 11.5. The van der Waals surface area contributed by atoms with Crippen molar-refractivity contribution >= 4 is 17.9 Å². The van der Waals surface area contributed by atoms with Crippen LogP contribution in [-0.4, -0.2) is 34.7 Å². The van der Waals surface area contributed by atoms with Gasteiger partial charge in [0.25, 0.3) is 0 Å². The average molecular weight is 216 g/mol. The van der Waals surface area contributed by atoms with E-state index >= 15 is 0 Å². The number of rotatable bonds is 7. The topological polar surface area (TPSA) is 101 Å². The fourth-order valence-electron chi connectivity index (χ4n) is 0.870. The number of carboxylic acid groups (broad SMARTS) is 2. The number of hydrogen-bond donors (Lipinski definition) is 2. The molecule has 0 aliphatic heterocycles. The molecule has 0 rings (SSSR count). The van der Waals surface area contributed by atoms with E-state index in [-0.39, 0.29) is 6.61 Å². The standard InChI is InChI=1S/C9H12O6/c1-2-3-15-8(12)5-6(9(13)14)4-7(10)11/h2,6H,1,3-5H2,(H,10,11)(H,13,14). The summed E-state index contributed by atoms with van der Waals surface area (Å²) in [7, 11) is 0. The van der Waals surface area contributed by atoms with Crippen molar-refractivity contribution < 1.29 is 29.3 Å². The van der Waals surface area contributed by atoms with E-state index in [0.29, 0.717) is 0 Å². The third-order valence-corrected chi connectivity index (χ3v) is 1.55. The van der Waals surface area contributed by atoms with Gasteiger partial charge in [-0.1, -0.05) is 12.7 Å². The van der Waals surface area contributed by atoms with Gasteiger partial charge >= 0.3 is 17.9 Å². The Morgan fingerprint density at radius 1 is 1.27 bits per heavy atom. The summed E-state index contributed by atoms with van der Waals surface area (Å²) in [5.74, 6) is -4.59. The Labute approximate surface area is 86.2 Å². The highest BCUT2D eigenvalue weighted by Crippen LogP contribution is 2.10. The summed E-state index contributed by atoms with van der Waals surface area (Å²) in [5.41, 5.74) is 0. The van der Waals surface area contributed by atoms with E-state index < -0.39 is 36.7 Å². The molecule has 6 heteroatoms. The zero-order chi connectivity index (χ0) is 11.8. The van der Waals surface area contributed by atoms with Crippen molar-refractivity contribution in [2.24, 2.45) is 5.92 Å². The maximum Gasteiger partial charge on any atom is 0.307 e. The number of carboxylic acids is 2. The van der Waals surface area contributed by atoms with E-state index in [1.165, 1.54) is 6.08 Å². The van der Waals surface area contributed by atoms with E-state index in [1.807, 2.05) is 0 Å². The first-order chi connectivity index (χ1) is 6.97. The molecule has 0 saturated heterocycles. The molecule has 1 atom stereocenters. The number of carbonyl (C=O) groups excluding carboxylic acids is 1. The van der Waals surface area contributed by atoms with Crippen LogP contribution in [0.5, 0.6) is 0 Å². The van der Waals surface area contributed by atoms with Gasteiger partial charge < -0.3 is 14.9 Å². The third kappa shape index (κ3) is 6.25. The highest BCUT2D eigenvalue weighted by Gasteiger charge is 2.24. The van der Waals surface area contributed by atoms with E-state index in [2.05, 4.69) is 11.3 Å². The Kier molecular flexibility index (Phi) is 5.77. The van der Waals surface area contributed by atoms with Gasteiger partial charge in [0.05, 0.1) is 18.8 Å². The molecule has 6 nitrogen and oxygen atoms in total. The summed E-state index contributed by atoms with van der Waals surface area (Å²) in [6.07, 6.45) is 0.291. The molecule has 1 unspecified atom stereocenters. The molecule has 84 valence electrons. The first-order valence-corrected chi connectivity index (χ1v) is 4.18. The Bertz CT molecular complexity index is 270. The van der Waals surface area contributed by atoms with Crippen LogP contribution in [0, 0.1) is 5.92 Å². The zero-order valence-corrected chi connectivity index (χ0v) is 8.01. The Hall–Kier alpha value is -1.85. The van der Waals surface area contributed by atoms with Gasteiger partial charge in [0.15, 0.2) is 0 Å². The second kappa shape index (κ2) is 6.58. The van der Waals surface area contributed by atoms with Crippen LogP contribution in [0.25, 0.3) is 0 Å². The molecule has 0 bridgehead atoms. The van der Waals surface area contributed by atoms with Gasteiger partial charge in [-0.25, -0.2) is 0 Å². The maximum atomic E-state index is 11.0. The smallest absolute Gasteiger partial charge is 0.307 e. The minimum absolute atomic E-state index is 0.0156. The average Bonchev–Trinajstić information content (AvgIpc) is 2.12. The number of esters is 1.